The van der Waals surface area contributed by atoms with Gasteiger partial charge < -0.3 is 0 Å². The van der Waals surface area contributed by atoms with Crippen LogP contribution >= 0.6 is 25.7 Å². The monoisotopic (exact) mass is 318 g/mol. The average Bonchev–Trinajstić information content (AvgIpc) is 1.87. The van der Waals surface area contributed by atoms with E-state index in [9.17, 15) is 0 Å². The normalized spacial score (nSPS) is 18.5. The van der Waals surface area contributed by atoms with Crippen molar-refractivity contribution in [3.8, 4) is 0 Å². The quantitative estimate of drug-likeness (QED) is 0.625. The molecule has 0 unspecified atom stereocenters. The van der Waals surface area contributed by atoms with Gasteiger partial charge in [0.1, 0.15) is 0 Å². The van der Waals surface area contributed by atoms with E-state index >= 15 is 0 Å². The first kappa shape index (κ1) is 12.7. The van der Waals surface area contributed by atoms with E-state index in [1.807, 2.05) is 0 Å². The summed E-state index contributed by atoms with van der Waals surface area (Å²) in [4.78, 5) is 0. The van der Waals surface area contributed by atoms with Crippen LogP contribution < -0.4 is 0 Å². The van der Waals surface area contributed by atoms with Gasteiger partial charge in [0.05, 0.1) is 0 Å². The summed E-state index contributed by atoms with van der Waals surface area (Å²) in [5.41, 5.74) is 0. The van der Waals surface area contributed by atoms with E-state index in [1.165, 1.54) is 32.1 Å². The third-order valence-corrected chi connectivity index (χ3v) is 1.89. The fourth-order valence-electron chi connectivity index (χ4n) is 1.31. The van der Waals surface area contributed by atoms with Crippen LogP contribution in [0.25, 0.3) is 0 Å². The predicted molar refractivity (Wildman–Crippen MR) is 55.6 cm³/mol. The van der Waals surface area contributed by atoms with Gasteiger partial charge in [0, 0.05) is 0 Å². The fourth-order valence-corrected chi connectivity index (χ4v) is 1.31. The minimum atomic E-state index is -2.22. The van der Waals surface area contributed by atoms with E-state index < -0.39 is 17.9 Å². The number of rotatable bonds is 0. The molecule has 0 aromatic rings. The SMILES string of the molecule is CC1CCCCC1.[Cl][In]([Cl])[Cl]. The number of hydrogen-bond donors (Lipinski definition) is 0. The Morgan fingerprint density at radius 1 is 1.00 bits per heavy atom. The average molecular weight is 319 g/mol. The Bertz CT molecular complexity index is 79.0. The van der Waals surface area contributed by atoms with Gasteiger partial charge in [-0.25, -0.2) is 0 Å². The minimum absolute atomic E-state index is 1.04. The van der Waals surface area contributed by atoms with Crippen LogP contribution in [0.5, 0.6) is 0 Å². The van der Waals surface area contributed by atoms with Crippen molar-refractivity contribution in [3.05, 3.63) is 0 Å². The summed E-state index contributed by atoms with van der Waals surface area (Å²) in [6, 6.07) is 0. The Morgan fingerprint density at radius 3 is 1.55 bits per heavy atom. The molecule has 1 aliphatic rings. The second-order valence-electron chi connectivity index (χ2n) is 2.99. The zero-order valence-corrected chi connectivity index (χ0v) is 12.4. The van der Waals surface area contributed by atoms with Crippen molar-refractivity contribution in [1.29, 1.82) is 0 Å². The molecule has 66 valence electrons. The van der Waals surface area contributed by atoms with Crippen molar-refractivity contribution in [2.45, 2.75) is 39.0 Å². The molecule has 1 saturated carbocycles. The predicted octanol–water partition coefficient (Wildman–Crippen LogP) is 4.27. The molecule has 11 heavy (non-hydrogen) atoms. The molecule has 0 aromatic carbocycles. The first-order chi connectivity index (χ1) is 5.13. The van der Waals surface area contributed by atoms with Gasteiger partial charge in [-0.15, -0.1) is 0 Å². The molecule has 0 aliphatic heterocycles. The van der Waals surface area contributed by atoms with E-state index in [1.54, 1.807) is 0 Å². The number of halogens is 3. The molecular formula is C7H14Cl3In. The van der Waals surface area contributed by atoms with Crippen molar-refractivity contribution in [2.24, 2.45) is 5.92 Å². The standard InChI is InChI=1S/C7H14.3ClH.In/c1-7-5-3-2-4-6-7;;;;/h7H,2-6H2,1H3;3*1H;/q;;;;+3/p-3. The van der Waals surface area contributed by atoms with Crippen LogP contribution in [0.15, 0.2) is 0 Å². The van der Waals surface area contributed by atoms with Crippen LogP contribution in [0.3, 0.4) is 0 Å². The van der Waals surface area contributed by atoms with E-state index in [0.717, 1.165) is 5.92 Å². The molecule has 0 aromatic heterocycles. The summed E-state index contributed by atoms with van der Waals surface area (Å²) in [6.07, 6.45) is 7.44. The second-order valence-corrected chi connectivity index (χ2v) is 17.7. The van der Waals surface area contributed by atoms with E-state index in [0.29, 0.717) is 0 Å². The third kappa shape index (κ3) is 11.7. The molecule has 0 spiro atoms. The van der Waals surface area contributed by atoms with E-state index in [4.69, 9.17) is 25.7 Å². The van der Waals surface area contributed by atoms with Gasteiger partial charge in [-0.3, -0.25) is 0 Å². The Morgan fingerprint density at radius 2 is 1.36 bits per heavy atom. The summed E-state index contributed by atoms with van der Waals surface area (Å²) < 4.78 is 0. The topological polar surface area (TPSA) is 0 Å². The maximum absolute atomic E-state index is 5.02. The van der Waals surface area contributed by atoms with Crippen molar-refractivity contribution >= 4 is 43.6 Å². The van der Waals surface area contributed by atoms with Crippen molar-refractivity contribution in [3.63, 3.8) is 0 Å². The molecule has 1 aliphatic carbocycles. The van der Waals surface area contributed by atoms with Gasteiger partial charge in [-0.2, -0.15) is 0 Å². The maximum atomic E-state index is 5.02. The summed E-state index contributed by atoms with van der Waals surface area (Å²) >= 11 is -2.22. The molecule has 0 radical (unpaired) electrons. The van der Waals surface area contributed by atoms with Crippen molar-refractivity contribution in [1.82, 2.24) is 0 Å². The molecule has 0 N–H and O–H groups in total. The third-order valence-electron chi connectivity index (χ3n) is 1.89. The Hall–Kier alpha value is 1.74. The molecule has 4 heteroatoms. The first-order valence-electron chi connectivity index (χ1n) is 4.05. The van der Waals surface area contributed by atoms with Crippen LogP contribution in [0.1, 0.15) is 39.0 Å². The second kappa shape index (κ2) is 8.34. The Balaban J connectivity index is 0.000000218. The van der Waals surface area contributed by atoms with Crippen LogP contribution in [0.2, 0.25) is 0 Å². The van der Waals surface area contributed by atoms with Gasteiger partial charge in [0.2, 0.25) is 0 Å². The van der Waals surface area contributed by atoms with Gasteiger partial charge in [0.25, 0.3) is 0 Å². The van der Waals surface area contributed by atoms with Crippen LogP contribution in [-0.2, 0) is 0 Å². The van der Waals surface area contributed by atoms with Gasteiger partial charge >= 0.3 is 43.6 Å². The Labute approximate surface area is 87.8 Å². The molecule has 0 heterocycles. The molecule has 0 bridgehead atoms. The number of hydrogen-bond acceptors (Lipinski definition) is 0. The first-order valence-corrected chi connectivity index (χ1v) is 16.6. The van der Waals surface area contributed by atoms with Crippen LogP contribution in [0.4, 0.5) is 0 Å². The van der Waals surface area contributed by atoms with Gasteiger partial charge in [0.15, 0.2) is 0 Å². The zero-order valence-electron chi connectivity index (χ0n) is 6.82. The van der Waals surface area contributed by atoms with Gasteiger partial charge in [-0.1, -0.05) is 39.0 Å². The Kier molecular flexibility index (Phi) is 9.66. The molecule has 0 nitrogen and oxygen atoms in total. The zero-order chi connectivity index (χ0) is 8.69. The fraction of sp³-hybridized carbons (Fsp3) is 1.00. The summed E-state index contributed by atoms with van der Waals surface area (Å²) in [6.45, 7) is 2.36. The van der Waals surface area contributed by atoms with E-state index in [2.05, 4.69) is 6.92 Å². The van der Waals surface area contributed by atoms with Crippen molar-refractivity contribution < 1.29 is 0 Å². The summed E-state index contributed by atoms with van der Waals surface area (Å²) in [7, 11) is 15.0. The molecular weight excluding hydrogens is 305 g/mol. The van der Waals surface area contributed by atoms with Crippen molar-refractivity contribution in [2.75, 3.05) is 0 Å². The molecule has 0 amide bonds. The summed E-state index contributed by atoms with van der Waals surface area (Å²) in [5, 5.41) is 0. The molecule has 1 rings (SSSR count). The van der Waals surface area contributed by atoms with Crippen LogP contribution in [0, 0.1) is 5.92 Å². The van der Waals surface area contributed by atoms with E-state index in [-0.39, 0.29) is 0 Å². The molecule has 0 atom stereocenters. The molecule has 0 saturated heterocycles. The van der Waals surface area contributed by atoms with Gasteiger partial charge in [-0.05, 0) is 5.92 Å². The summed E-state index contributed by atoms with van der Waals surface area (Å²) in [5.74, 6) is 1.04. The molecule has 1 fully saturated rings. The van der Waals surface area contributed by atoms with Crippen LogP contribution in [-0.4, -0.2) is 17.9 Å².